The maximum Gasteiger partial charge on any atom is 0.252 e. The first kappa shape index (κ1) is 22.8. The van der Waals surface area contributed by atoms with E-state index in [1.54, 1.807) is 22.9 Å². The van der Waals surface area contributed by atoms with E-state index in [-0.39, 0.29) is 11.8 Å². The minimum atomic E-state index is -0.114. The summed E-state index contributed by atoms with van der Waals surface area (Å²) in [6.45, 7) is 4.09. The molecule has 2 aromatic heterocycles. The van der Waals surface area contributed by atoms with Crippen LogP contribution in [0.2, 0.25) is 0 Å². The Morgan fingerprint density at radius 2 is 1.88 bits per heavy atom. The lowest BCUT2D eigenvalue weighted by molar-refractivity contribution is -0.163. The highest BCUT2D eigenvalue weighted by molar-refractivity contribution is 5.75. The Morgan fingerprint density at radius 1 is 1.03 bits per heavy atom. The van der Waals surface area contributed by atoms with Crippen LogP contribution in [-0.2, 0) is 16.0 Å². The molecule has 8 heteroatoms. The molecule has 1 aromatic carbocycles. The zero-order valence-electron chi connectivity index (χ0n) is 19.6. The third-order valence-electron chi connectivity index (χ3n) is 6.54. The van der Waals surface area contributed by atoms with Gasteiger partial charge in [-0.05, 0) is 75.3 Å². The summed E-state index contributed by atoms with van der Waals surface area (Å²) in [5, 5.41) is 4.12. The lowest BCUT2D eigenvalue weighted by Crippen LogP contribution is -2.29. The number of benzene rings is 1. The summed E-state index contributed by atoms with van der Waals surface area (Å²) in [5.74, 6) is 0.476. The first-order valence-electron chi connectivity index (χ1n) is 12.5. The van der Waals surface area contributed by atoms with Crippen molar-refractivity contribution < 1.29 is 9.47 Å². The van der Waals surface area contributed by atoms with E-state index in [1.165, 1.54) is 24.9 Å². The van der Waals surface area contributed by atoms with Crippen molar-refractivity contribution in [1.82, 2.24) is 14.5 Å². The molecule has 0 radical (unpaired) electrons. The Labute approximate surface area is 199 Å². The molecule has 3 aromatic rings. The monoisotopic (exact) mass is 463 g/mol. The standard InChI is InChI=1S/C26H33N5O3/c32-23-13-8-20-19-27-26(28-21-9-11-22(12-10-21)30-14-3-1-4-15-30)29-25(20)31(23)16-6-18-34-24-7-2-5-17-33-24/h8-13,19,24H,1-7,14-18H2,(H,27,28,29). The molecule has 0 spiro atoms. The van der Waals surface area contributed by atoms with E-state index < -0.39 is 0 Å². The second-order valence-electron chi connectivity index (χ2n) is 9.04. The van der Waals surface area contributed by atoms with Gasteiger partial charge in [0.05, 0.1) is 6.61 Å². The third-order valence-corrected chi connectivity index (χ3v) is 6.54. The molecule has 1 N–H and O–H groups in total. The molecule has 34 heavy (non-hydrogen) atoms. The summed E-state index contributed by atoms with van der Waals surface area (Å²) in [7, 11) is 0. The Morgan fingerprint density at radius 3 is 2.68 bits per heavy atom. The van der Waals surface area contributed by atoms with E-state index in [1.807, 2.05) is 0 Å². The van der Waals surface area contributed by atoms with Crippen LogP contribution in [0.25, 0.3) is 11.0 Å². The number of ether oxygens (including phenoxy) is 2. The maximum absolute atomic E-state index is 12.6. The number of piperidine rings is 1. The number of hydrogen-bond donors (Lipinski definition) is 1. The van der Waals surface area contributed by atoms with E-state index >= 15 is 0 Å². The molecule has 1 unspecified atom stereocenters. The SMILES string of the molecule is O=c1ccc2cnc(Nc3ccc(N4CCCCC4)cc3)nc2n1CCCOC1CCCCO1. The number of pyridine rings is 1. The fourth-order valence-electron chi connectivity index (χ4n) is 4.66. The smallest absolute Gasteiger partial charge is 0.252 e. The lowest BCUT2D eigenvalue weighted by atomic mass is 10.1. The van der Waals surface area contributed by atoms with Gasteiger partial charge in [0, 0.05) is 55.3 Å². The summed E-state index contributed by atoms with van der Waals surface area (Å²) in [6.07, 6.45) is 9.37. The van der Waals surface area contributed by atoms with Crippen molar-refractivity contribution in [3.8, 4) is 0 Å². The zero-order chi connectivity index (χ0) is 23.2. The number of hydrogen-bond acceptors (Lipinski definition) is 7. The lowest BCUT2D eigenvalue weighted by Gasteiger charge is -2.28. The molecule has 0 aliphatic carbocycles. The Kier molecular flexibility index (Phi) is 7.36. The van der Waals surface area contributed by atoms with Crippen LogP contribution in [-0.4, -0.2) is 47.1 Å². The summed E-state index contributed by atoms with van der Waals surface area (Å²) >= 11 is 0. The number of fused-ring (bicyclic) bond motifs is 1. The second kappa shape index (κ2) is 11.0. The fraction of sp³-hybridized carbons (Fsp3) is 0.500. The molecule has 1 atom stereocenters. The molecule has 0 amide bonds. The predicted molar refractivity (Wildman–Crippen MR) is 134 cm³/mol. The van der Waals surface area contributed by atoms with Crippen molar-refractivity contribution in [2.75, 3.05) is 36.5 Å². The highest BCUT2D eigenvalue weighted by Gasteiger charge is 2.14. The van der Waals surface area contributed by atoms with Gasteiger partial charge in [-0.3, -0.25) is 9.36 Å². The van der Waals surface area contributed by atoms with E-state index in [4.69, 9.17) is 9.47 Å². The van der Waals surface area contributed by atoms with Crippen LogP contribution in [0.15, 0.2) is 47.4 Å². The predicted octanol–water partition coefficient (Wildman–Crippen LogP) is 4.46. The highest BCUT2D eigenvalue weighted by atomic mass is 16.7. The molecule has 8 nitrogen and oxygen atoms in total. The van der Waals surface area contributed by atoms with E-state index in [0.717, 1.165) is 50.0 Å². The summed E-state index contributed by atoms with van der Waals surface area (Å²) in [4.78, 5) is 24.2. The number of anilines is 3. The molecule has 2 aliphatic rings. The number of nitrogens with zero attached hydrogens (tertiary/aromatic N) is 4. The van der Waals surface area contributed by atoms with Crippen molar-refractivity contribution in [2.45, 2.75) is 57.8 Å². The molecule has 180 valence electrons. The van der Waals surface area contributed by atoms with E-state index in [9.17, 15) is 4.79 Å². The quantitative estimate of drug-likeness (QED) is 0.494. The van der Waals surface area contributed by atoms with Gasteiger partial charge in [0.1, 0.15) is 5.65 Å². The Hall–Kier alpha value is -2.97. The van der Waals surface area contributed by atoms with Gasteiger partial charge in [0.2, 0.25) is 5.95 Å². The maximum atomic E-state index is 12.6. The average Bonchev–Trinajstić information content (AvgIpc) is 2.89. The van der Waals surface area contributed by atoms with Crippen LogP contribution in [0.3, 0.4) is 0 Å². The van der Waals surface area contributed by atoms with Crippen molar-refractivity contribution in [3.63, 3.8) is 0 Å². The van der Waals surface area contributed by atoms with Crippen LogP contribution in [0.4, 0.5) is 17.3 Å². The average molecular weight is 464 g/mol. The molecule has 2 aliphatic heterocycles. The second-order valence-corrected chi connectivity index (χ2v) is 9.04. The summed E-state index contributed by atoms with van der Waals surface area (Å²) in [6, 6.07) is 11.7. The summed E-state index contributed by atoms with van der Waals surface area (Å²) in [5.41, 5.74) is 2.73. The minimum Gasteiger partial charge on any atom is -0.372 e. The number of aryl methyl sites for hydroxylation is 1. The van der Waals surface area contributed by atoms with Crippen molar-refractivity contribution in [2.24, 2.45) is 0 Å². The number of nitrogens with one attached hydrogen (secondary N) is 1. The van der Waals surface area contributed by atoms with Crippen LogP contribution in [0, 0.1) is 0 Å². The number of rotatable bonds is 8. The molecular formula is C26H33N5O3. The zero-order valence-corrected chi connectivity index (χ0v) is 19.6. The Bertz CT molecular complexity index is 1140. The molecule has 2 fully saturated rings. The normalized spacial score (nSPS) is 18.8. The van der Waals surface area contributed by atoms with Crippen LogP contribution < -0.4 is 15.8 Å². The van der Waals surface area contributed by atoms with Gasteiger partial charge in [-0.2, -0.15) is 4.98 Å². The van der Waals surface area contributed by atoms with Crippen LogP contribution >= 0.6 is 0 Å². The van der Waals surface area contributed by atoms with Crippen molar-refractivity contribution in [1.29, 1.82) is 0 Å². The highest BCUT2D eigenvalue weighted by Crippen LogP contribution is 2.23. The van der Waals surface area contributed by atoms with Gasteiger partial charge in [0.15, 0.2) is 6.29 Å². The molecule has 0 bridgehead atoms. The van der Waals surface area contributed by atoms with Gasteiger partial charge in [-0.1, -0.05) is 0 Å². The molecule has 4 heterocycles. The van der Waals surface area contributed by atoms with Crippen LogP contribution in [0.1, 0.15) is 44.9 Å². The van der Waals surface area contributed by atoms with Crippen molar-refractivity contribution >= 4 is 28.4 Å². The summed E-state index contributed by atoms with van der Waals surface area (Å²) < 4.78 is 13.1. The van der Waals surface area contributed by atoms with Gasteiger partial charge in [-0.15, -0.1) is 0 Å². The van der Waals surface area contributed by atoms with E-state index in [2.05, 4.69) is 44.5 Å². The van der Waals surface area contributed by atoms with Crippen LogP contribution in [0.5, 0.6) is 0 Å². The molecule has 2 saturated heterocycles. The molecular weight excluding hydrogens is 430 g/mol. The van der Waals surface area contributed by atoms with E-state index in [0.29, 0.717) is 31.2 Å². The largest absolute Gasteiger partial charge is 0.372 e. The van der Waals surface area contributed by atoms with Gasteiger partial charge in [0.25, 0.3) is 5.56 Å². The minimum absolute atomic E-state index is 0.0723. The fourth-order valence-corrected chi connectivity index (χ4v) is 4.66. The van der Waals surface area contributed by atoms with Gasteiger partial charge in [-0.25, -0.2) is 4.98 Å². The number of aromatic nitrogens is 3. The molecule has 0 saturated carbocycles. The van der Waals surface area contributed by atoms with Gasteiger partial charge < -0.3 is 19.7 Å². The Balaban J connectivity index is 1.26. The topological polar surface area (TPSA) is 81.5 Å². The van der Waals surface area contributed by atoms with Crippen molar-refractivity contribution in [3.05, 3.63) is 52.9 Å². The third kappa shape index (κ3) is 5.56. The first-order valence-corrected chi connectivity index (χ1v) is 12.5. The first-order chi connectivity index (χ1) is 16.8. The molecule has 5 rings (SSSR count). The van der Waals surface area contributed by atoms with Gasteiger partial charge >= 0.3 is 0 Å².